The van der Waals surface area contributed by atoms with Crippen molar-refractivity contribution in [3.63, 3.8) is 0 Å². The number of tetrazole rings is 1. The van der Waals surface area contributed by atoms with Crippen LogP contribution in [0.25, 0.3) is 6.08 Å². The van der Waals surface area contributed by atoms with Crippen molar-refractivity contribution in [2.45, 2.75) is 32.7 Å². The zero-order chi connectivity index (χ0) is 22.4. The molecule has 2 heterocycles. The van der Waals surface area contributed by atoms with Crippen LogP contribution in [0.2, 0.25) is 5.02 Å². The van der Waals surface area contributed by atoms with Crippen LogP contribution in [0.5, 0.6) is 0 Å². The van der Waals surface area contributed by atoms with Crippen molar-refractivity contribution < 1.29 is 14.7 Å². The molecular weight excluding hydrogens is 420 g/mol. The molecule has 3 rings (SSSR count). The van der Waals surface area contributed by atoms with E-state index in [-0.39, 0.29) is 5.91 Å². The third-order valence-electron chi connectivity index (χ3n) is 5.50. The van der Waals surface area contributed by atoms with Gasteiger partial charge in [-0.05, 0) is 66.7 Å². The maximum absolute atomic E-state index is 12.7. The van der Waals surface area contributed by atoms with Gasteiger partial charge in [0, 0.05) is 37.8 Å². The number of aryl methyl sites for hydroxylation is 1. The molecule has 9 nitrogen and oxygen atoms in total. The second-order valence-electron chi connectivity index (χ2n) is 7.80. The molecule has 1 aliphatic rings. The third-order valence-corrected chi connectivity index (χ3v) is 5.74. The Morgan fingerprint density at radius 3 is 2.71 bits per heavy atom. The maximum Gasteiger partial charge on any atom is 0.407 e. The Kier molecular flexibility index (Phi) is 7.62. The van der Waals surface area contributed by atoms with Gasteiger partial charge in [-0.25, -0.2) is 4.79 Å². The van der Waals surface area contributed by atoms with E-state index in [2.05, 4.69) is 15.4 Å². The molecule has 0 aliphatic carbocycles. The van der Waals surface area contributed by atoms with Gasteiger partial charge >= 0.3 is 6.09 Å². The summed E-state index contributed by atoms with van der Waals surface area (Å²) >= 11 is 6.15. The predicted octanol–water partition coefficient (Wildman–Crippen LogP) is 2.93. The lowest BCUT2D eigenvalue weighted by atomic mass is 9.93. The molecule has 1 aromatic heterocycles. The Bertz CT molecular complexity index is 952. The molecule has 10 heteroatoms. The van der Waals surface area contributed by atoms with Crippen LogP contribution in [0, 0.1) is 12.8 Å². The SMILES string of the molecule is Cc1nnn(Cc2cc(Cl)ccc2C=CC(=O)N2CCC(CCN(C)C(=O)O)CC2)n1. The second kappa shape index (κ2) is 10.4. The van der Waals surface area contributed by atoms with E-state index in [1.807, 2.05) is 17.0 Å². The van der Waals surface area contributed by atoms with Gasteiger partial charge < -0.3 is 14.9 Å². The van der Waals surface area contributed by atoms with Gasteiger partial charge in [0.05, 0.1) is 6.54 Å². The fraction of sp³-hybridized carbons (Fsp3) is 0.476. The first-order valence-electron chi connectivity index (χ1n) is 10.3. The number of hydrogen-bond donors (Lipinski definition) is 1. The number of carboxylic acid groups (broad SMARTS) is 1. The highest BCUT2D eigenvalue weighted by molar-refractivity contribution is 6.30. The molecule has 166 valence electrons. The van der Waals surface area contributed by atoms with Crippen molar-refractivity contribution >= 4 is 29.7 Å². The highest BCUT2D eigenvalue weighted by Gasteiger charge is 2.22. The Morgan fingerprint density at radius 2 is 2.06 bits per heavy atom. The lowest BCUT2D eigenvalue weighted by Crippen LogP contribution is -2.38. The molecule has 1 N–H and O–H groups in total. The summed E-state index contributed by atoms with van der Waals surface area (Å²) < 4.78 is 0. The van der Waals surface area contributed by atoms with E-state index >= 15 is 0 Å². The second-order valence-corrected chi connectivity index (χ2v) is 8.24. The Hall–Kier alpha value is -2.94. The van der Waals surface area contributed by atoms with Crippen LogP contribution in [-0.2, 0) is 11.3 Å². The predicted molar refractivity (Wildman–Crippen MR) is 117 cm³/mol. The van der Waals surface area contributed by atoms with Gasteiger partial charge in [-0.3, -0.25) is 4.79 Å². The van der Waals surface area contributed by atoms with E-state index in [0.29, 0.717) is 42.9 Å². The number of hydrogen-bond acceptors (Lipinski definition) is 5. The summed E-state index contributed by atoms with van der Waals surface area (Å²) in [5.41, 5.74) is 1.77. The van der Waals surface area contributed by atoms with Gasteiger partial charge in [0.15, 0.2) is 5.82 Å². The van der Waals surface area contributed by atoms with Gasteiger partial charge in [-0.15, -0.1) is 10.2 Å². The lowest BCUT2D eigenvalue weighted by Gasteiger charge is -2.32. The summed E-state index contributed by atoms with van der Waals surface area (Å²) in [4.78, 5) is 28.2. The van der Waals surface area contributed by atoms with E-state index in [1.54, 1.807) is 32.2 Å². The Labute approximate surface area is 186 Å². The topological polar surface area (TPSA) is 104 Å². The van der Waals surface area contributed by atoms with E-state index in [4.69, 9.17) is 16.7 Å². The van der Waals surface area contributed by atoms with E-state index in [0.717, 1.165) is 30.4 Å². The van der Waals surface area contributed by atoms with E-state index in [1.165, 1.54) is 9.70 Å². The van der Waals surface area contributed by atoms with Gasteiger partial charge in [-0.1, -0.05) is 17.7 Å². The minimum atomic E-state index is -0.908. The van der Waals surface area contributed by atoms with Gasteiger partial charge in [-0.2, -0.15) is 4.80 Å². The number of amides is 2. The average molecular weight is 447 g/mol. The number of rotatable bonds is 7. The molecule has 2 amide bonds. The molecule has 0 radical (unpaired) electrons. The normalized spacial score (nSPS) is 14.9. The van der Waals surface area contributed by atoms with Crippen LogP contribution < -0.4 is 0 Å². The van der Waals surface area contributed by atoms with Gasteiger partial charge in [0.25, 0.3) is 0 Å². The average Bonchev–Trinajstić information content (AvgIpc) is 3.16. The van der Waals surface area contributed by atoms with Crippen molar-refractivity contribution in [3.05, 3.63) is 46.2 Å². The highest BCUT2D eigenvalue weighted by atomic mass is 35.5. The number of likely N-dealkylation sites (tertiary alicyclic amines) is 1. The van der Waals surface area contributed by atoms with Crippen molar-refractivity contribution in [3.8, 4) is 0 Å². The molecule has 0 atom stereocenters. The number of aromatic nitrogens is 4. The van der Waals surface area contributed by atoms with Crippen molar-refractivity contribution in [2.75, 3.05) is 26.7 Å². The van der Waals surface area contributed by atoms with Crippen LogP contribution in [0.4, 0.5) is 4.79 Å². The molecule has 0 spiro atoms. The monoisotopic (exact) mass is 446 g/mol. The van der Waals surface area contributed by atoms with E-state index < -0.39 is 6.09 Å². The molecule has 1 aromatic carbocycles. The van der Waals surface area contributed by atoms with Crippen LogP contribution in [0.15, 0.2) is 24.3 Å². The summed E-state index contributed by atoms with van der Waals surface area (Å²) in [7, 11) is 1.58. The Balaban J connectivity index is 1.56. The van der Waals surface area contributed by atoms with Crippen LogP contribution in [0.1, 0.15) is 36.2 Å². The molecule has 0 saturated carbocycles. The summed E-state index contributed by atoms with van der Waals surface area (Å²) in [6.07, 6.45) is 5.07. The van der Waals surface area contributed by atoms with Crippen molar-refractivity contribution in [2.24, 2.45) is 5.92 Å². The molecule has 0 unspecified atom stereocenters. The molecular formula is C21H27ClN6O3. The zero-order valence-corrected chi connectivity index (χ0v) is 18.5. The number of piperidine rings is 1. The summed E-state index contributed by atoms with van der Waals surface area (Å²) in [6, 6.07) is 5.50. The number of benzene rings is 1. The minimum absolute atomic E-state index is 0.0308. The smallest absolute Gasteiger partial charge is 0.407 e. The molecule has 1 saturated heterocycles. The lowest BCUT2D eigenvalue weighted by molar-refractivity contribution is -0.127. The maximum atomic E-state index is 12.7. The molecule has 2 aromatic rings. The summed E-state index contributed by atoms with van der Waals surface area (Å²) in [5.74, 6) is 1.00. The molecule has 1 fully saturated rings. The van der Waals surface area contributed by atoms with Gasteiger partial charge in [0.1, 0.15) is 0 Å². The highest BCUT2D eigenvalue weighted by Crippen LogP contribution is 2.22. The standard InChI is InChI=1S/C21H27ClN6O3/c1-15-23-25-28(24-15)14-18-13-19(22)5-3-17(18)4-6-20(29)27-11-8-16(9-12-27)7-10-26(2)21(30)31/h3-6,13,16H,7-12,14H2,1-2H3,(H,30,31). The largest absolute Gasteiger partial charge is 0.465 e. The number of nitrogens with zero attached hydrogens (tertiary/aromatic N) is 6. The van der Waals surface area contributed by atoms with Gasteiger partial charge in [0.2, 0.25) is 5.91 Å². The summed E-state index contributed by atoms with van der Waals surface area (Å²) in [5, 5.41) is 21.6. The van der Waals surface area contributed by atoms with Crippen LogP contribution in [-0.4, -0.2) is 73.8 Å². The van der Waals surface area contributed by atoms with Crippen LogP contribution >= 0.6 is 11.6 Å². The summed E-state index contributed by atoms with van der Waals surface area (Å²) in [6.45, 7) is 4.06. The molecule has 0 bridgehead atoms. The first-order valence-corrected chi connectivity index (χ1v) is 10.6. The first kappa shape index (κ1) is 22.7. The number of carbonyl (C=O) groups excluding carboxylic acids is 1. The Morgan fingerprint density at radius 1 is 1.32 bits per heavy atom. The first-order chi connectivity index (χ1) is 14.8. The number of carbonyl (C=O) groups is 2. The molecule has 1 aliphatic heterocycles. The number of halogens is 1. The third kappa shape index (κ3) is 6.52. The van der Waals surface area contributed by atoms with Crippen molar-refractivity contribution in [1.82, 2.24) is 30.0 Å². The van der Waals surface area contributed by atoms with Crippen LogP contribution in [0.3, 0.4) is 0 Å². The fourth-order valence-electron chi connectivity index (χ4n) is 3.60. The fourth-order valence-corrected chi connectivity index (χ4v) is 3.79. The van der Waals surface area contributed by atoms with E-state index in [9.17, 15) is 9.59 Å². The zero-order valence-electron chi connectivity index (χ0n) is 17.7. The quantitative estimate of drug-likeness (QED) is 0.655. The molecule has 31 heavy (non-hydrogen) atoms. The minimum Gasteiger partial charge on any atom is -0.465 e. The van der Waals surface area contributed by atoms with Crippen molar-refractivity contribution in [1.29, 1.82) is 0 Å².